The van der Waals surface area contributed by atoms with Crippen LogP contribution in [0.15, 0.2) is 30.3 Å². The van der Waals surface area contributed by atoms with Crippen LogP contribution in [-0.2, 0) is 25.0 Å². The summed E-state index contributed by atoms with van der Waals surface area (Å²) >= 11 is 0. The molecule has 0 saturated heterocycles. The lowest BCUT2D eigenvalue weighted by Gasteiger charge is -2.26. The number of alkyl carbamates (subject to hydrolysis) is 1. The number of nitrogens with one attached hydrogen (secondary N) is 1. The zero-order chi connectivity index (χ0) is 16.6. The molecule has 0 aliphatic heterocycles. The van der Waals surface area contributed by atoms with Gasteiger partial charge in [0.05, 0.1) is 0 Å². The summed E-state index contributed by atoms with van der Waals surface area (Å²) in [7, 11) is -0.806. The third kappa shape index (κ3) is 5.79. The lowest BCUT2D eigenvalue weighted by atomic mass is 10.1. The lowest BCUT2D eigenvalue weighted by Crippen LogP contribution is -2.36. The molecule has 0 unspecified atom stereocenters. The van der Waals surface area contributed by atoms with Crippen molar-refractivity contribution in [2.45, 2.75) is 32.7 Å². The molecule has 1 atom stereocenters. The summed E-state index contributed by atoms with van der Waals surface area (Å²) in [4.78, 5) is 11.9. The van der Waals surface area contributed by atoms with Crippen LogP contribution in [0.3, 0.4) is 0 Å². The van der Waals surface area contributed by atoms with Crippen LogP contribution in [0.1, 0.15) is 25.8 Å². The standard InChI is InChI=1S/C15H24NO5P/c1-12(2)10-14(22(18,19-3)20-4)16-15(17)21-11-13-8-6-5-7-9-13/h5-9,12,14H,10-11H2,1-4H3,(H,16,17)/t14-/m0/s1. The summed E-state index contributed by atoms with van der Waals surface area (Å²) in [6.07, 6.45) is -0.192. The van der Waals surface area contributed by atoms with E-state index in [1.54, 1.807) is 0 Å². The van der Waals surface area contributed by atoms with Gasteiger partial charge in [0.2, 0.25) is 0 Å². The van der Waals surface area contributed by atoms with Crippen molar-refractivity contribution < 1.29 is 23.1 Å². The Morgan fingerprint density at radius 3 is 2.27 bits per heavy atom. The molecule has 1 aromatic rings. The number of rotatable bonds is 8. The smallest absolute Gasteiger partial charge is 0.408 e. The van der Waals surface area contributed by atoms with Crippen molar-refractivity contribution in [3.63, 3.8) is 0 Å². The summed E-state index contributed by atoms with van der Waals surface area (Å²) in [6.45, 7) is 4.06. The molecule has 0 aliphatic rings. The predicted molar refractivity (Wildman–Crippen MR) is 84.6 cm³/mol. The van der Waals surface area contributed by atoms with Crippen LogP contribution in [0.5, 0.6) is 0 Å². The van der Waals surface area contributed by atoms with E-state index in [0.29, 0.717) is 6.42 Å². The average molecular weight is 329 g/mol. The van der Waals surface area contributed by atoms with Crippen molar-refractivity contribution >= 4 is 13.7 Å². The van der Waals surface area contributed by atoms with Crippen molar-refractivity contribution in [2.24, 2.45) is 5.92 Å². The first-order valence-corrected chi connectivity index (χ1v) is 8.71. The fourth-order valence-electron chi connectivity index (χ4n) is 1.94. The summed E-state index contributed by atoms with van der Waals surface area (Å²) in [5.41, 5.74) is 0.875. The molecule has 22 heavy (non-hydrogen) atoms. The Hall–Kier alpha value is -1.36. The second-order valence-corrected chi connectivity index (χ2v) is 7.69. The molecule has 6 nitrogen and oxygen atoms in total. The zero-order valence-electron chi connectivity index (χ0n) is 13.4. The van der Waals surface area contributed by atoms with E-state index in [-0.39, 0.29) is 12.5 Å². The van der Waals surface area contributed by atoms with Gasteiger partial charge in [-0.2, -0.15) is 0 Å². The van der Waals surface area contributed by atoms with E-state index in [4.69, 9.17) is 13.8 Å². The van der Waals surface area contributed by atoms with Crippen LogP contribution in [0.2, 0.25) is 0 Å². The van der Waals surface area contributed by atoms with Crippen LogP contribution in [0.25, 0.3) is 0 Å². The van der Waals surface area contributed by atoms with Gasteiger partial charge in [0.15, 0.2) is 0 Å². The van der Waals surface area contributed by atoms with Gasteiger partial charge in [0.25, 0.3) is 0 Å². The molecule has 7 heteroatoms. The van der Waals surface area contributed by atoms with E-state index in [1.807, 2.05) is 44.2 Å². The van der Waals surface area contributed by atoms with E-state index in [1.165, 1.54) is 14.2 Å². The quantitative estimate of drug-likeness (QED) is 0.735. The molecule has 0 heterocycles. The fourth-order valence-corrected chi connectivity index (χ4v) is 3.54. The van der Waals surface area contributed by atoms with Crippen molar-refractivity contribution in [3.05, 3.63) is 35.9 Å². The molecule has 0 aromatic heterocycles. The molecule has 0 spiro atoms. The van der Waals surface area contributed by atoms with Crippen molar-refractivity contribution in [1.82, 2.24) is 5.32 Å². The van der Waals surface area contributed by atoms with Gasteiger partial charge in [-0.05, 0) is 17.9 Å². The highest BCUT2D eigenvalue weighted by Gasteiger charge is 2.36. The molecule has 0 aliphatic carbocycles. The fraction of sp³-hybridized carbons (Fsp3) is 0.533. The zero-order valence-corrected chi connectivity index (χ0v) is 14.3. The minimum absolute atomic E-state index is 0.144. The number of hydrogen-bond acceptors (Lipinski definition) is 5. The number of carbonyl (C=O) groups excluding carboxylic acids is 1. The van der Waals surface area contributed by atoms with Crippen LogP contribution in [0, 0.1) is 5.92 Å². The Kier molecular flexibility index (Phi) is 7.59. The summed E-state index contributed by atoms with van der Waals surface area (Å²) < 4.78 is 27.6. The maximum absolute atomic E-state index is 12.5. The van der Waals surface area contributed by atoms with Gasteiger partial charge in [-0.1, -0.05) is 44.2 Å². The number of ether oxygens (including phenoxy) is 1. The van der Waals surface area contributed by atoms with Crippen LogP contribution < -0.4 is 5.32 Å². The Balaban J connectivity index is 2.64. The Morgan fingerprint density at radius 1 is 1.18 bits per heavy atom. The van der Waals surface area contributed by atoms with Gasteiger partial charge in [-0.25, -0.2) is 4.79 Å². The summed E-state index contributed by atoms with van der Waals surface area (Å²) in [5.74, 6) is -0.538. The van der Waals surface area contributed by atoms with Crippen molar-refractivity contribution in [2.75, 3.05) is 14.2 Å². The monoisotopic (exact) mass is 329 g/mol. The molecule has 0 saturated carbocycles. The van der Waals surface area contributed by atoms with Gasteiger partial charge in [0.1, 0.15) is 12.4 Å². The van der Waals surface area contributed by atoms with E-state index in [9.17, 15) is 9.36 Å². The first kappa shape index (κ1) is 18.7. The maximum Gasteiger partial charge on any atom is 0.408 e. The van der Waals surface area contributed by atoms with E-state index >= 15 is 0 Å². The molecule has 1 amide bonds. The third-order valence-electron chi connectivity index (χ3n) is 3.08. The summed E-state index contributed by atoms with van der Waals surface area (Å²) in [5, 5.41) is 2.59. The molecule has 0 radical (unpaired) electrons. The van der Waals surface area contributed by atoms with E-state index in [0.717, 1.165) is 5.56 Å². The molecule has 124 valence electrons. The van der Waals surface area contributed by atoms with Gasteiger partial charge in [-0.15, -0.1) is 0 Å². The average Bonchev–Trinajstić information content (AvgIpc) is 2.52. The number of hydrogen-bond donors (Lipinski definition) is 1. The largest absolute Gasteiger partial charge is 0.445 e. The van der Waals surface area contributed by atoms with Crippen LogP contribution in [-0.4, -0.2) is 26.1 Å². The molecule has 1 aromatic carbocycles. The molecule has 1 rings (SSSR count). The normalized spacial score (nSPS) is 13.0. The first-order chi connectivity index (χ1) is 10.4. The minimum Gasteiger partial charge on any atom is -0.445 e. The first-order valence-electron chi connectivity index (χ1n) is 7.09. The van der Waals surface area contributed by atoms with Crippen LogP contribution >= 0.6 is 7.60 Å². The van der Waals surface area contributed by atoms with Crippen LogP contribution in [0.4, 0.5) is 4.79 Å². The molecular formula is C15H24NO5P. The molecular weight excluding hydrogens is 305 g/mol. The second kappa shape index (κ2) is 8.93. The number of carbonyl (C=O) groups is 1. The van der Waals surface area contributed by atoms with Gasteiger partial charge >= 0.3 is 13.7 Å². The molecule has 1 N–H and O–H groups in total. The highest BCUT2D eigenvalue weighted by atomic mass is 31.2. The summed E-state index contributed by atoms with van der Waals surface area (Å²) in [6, 6.07) is 9.32. The SMILES string of the molecule is COP(=O)(OC)[C@@H](CC(C)C)NC(=O)OCc1ccccc1. The Morgan fingerprint density at radius 2 is 1.77 bits per heavy atom. The van der Waals surface area contributed by atoms with Crippen molar-refractivity contribution in [3.8, 4) is 0 Å². The third-order valence-corrected chi connectivity index (χ3v) is 5.20. The molecule has 0 fully saturated rings. The Labute approximate surface area is 131 Å². The number of amides is 1. The highest BCUT2D eigenvalue weighted by molar-refractivity contribution is 7.54. The van der Waals surface area contributed by atoms with Gasteiger partial charge in [-0.3, -0.25) is 4.57 Å². The number of benzene rings is 1. The van der Waals surface area contributed by atoms with Gasteiger partial charge < -0.3 is 19.1 Å². The van der Waals surface area contributed by atoms with Crippen molar-refractivity contribution in [1.29, 1.82) is 0 Å². The predicted octanol–water partition coefficient (Wildman–Crippen LogP) is 3.77. The maximum atomic E-state index is 12.5. The highest BCUT2D eigenvalue weighted by Crippen LogP contribution is 2.52. The van der Waals surface area contributed by atoms with Gasteiger partial charge in [0, 0.05) is 14.2 Å². The second-order valence-electron chi connectivity index (χ2n) is 5.26. The van der Waals surface area contributed by atoms with E-state index in [2.05, 4.69) is 5.32 Å². The minimum atomic E-state index is -3.41. The topological polar surface area (TPSA) is 73.9 Å². The molecule has 0 bridgehead atoms. The lowest BCUT2D eigenvalue weighted by molar-refractivity contribution is 0.135. The van der Waals surface area contributed by atoms with E-state index < -0.39 is 19.5 Å². The Bertz CT molecular complexity index is 498.